The van der Waals surface area contributed by atoms with Crippen LogP contribution in [0.5, 0.6) is 0 Å². The van der Waals surface area contributed by atoms with Gasteiger partial charge in [-0.05, 0) is 41.2 Å². The smallest absolute Gasteiger partial charge is 0.303 e. The van der Waals surface area contributed by atoms with Crippen LogP contribution in [0.2, 0.25) is 0 Å². The van der Waals surface area contributed by atoms with Gasteiger partial charge in [0.15, 0.2) is 0 Å². The molecule has 0 bridgehead atoms. The standard InChI is InChI=1S/C32H46N4O6S/c1-19(14-32(6,7)15-26(39)40)12-25(38)35-28(31(3,4)5)30(42)36-17-23(37)13-24(36)29(41)33-16-21-8-10-22(11-9-21)27-20(2)34-18-43-27/h8-11,18-19,23-24,28,37H,12-17H2,1-7H3,(H,33,41)(H,35,38)(H,39,40)/t19?,23-,24+,28?/m1/s1. The minimum Gasteiger partial charge on any atom is -0.481 e. The number of benzene rings is 1. The number of carboxylic acid groups (broad SMARTS) is 1. The molecule has 0 aliphatic carbocycles. The number of hydrogen-bond acceptors (Lipinski definition) is 7. The molecule has 11 heteroatoms. The number of aryl methyl sites for hydroxylation is 1. The highest BCUT2D eigenvalue weighted by atomic mass is 32.1. The molecular formula is C32H46N4O6S. The summed E-state index contributed by atoms with van der Waals surface area (Å²) in [5.74, 6) is -2.07. The number of nitrogens with one attached hydrogen (secondary N) is 2. The van der Waals surface area contributed by atoms with Crippen LogP contribution in [0, 0.1) is 23.7 Å². The van der Waals surface area contributed by atoms with Crippen molar-refractivity contribution in [2.75, 3.05) is 6.54 Å². The van der Waals surface area contributed by atoms with Gasteiger partial charge >= 0.3 is 5.97 Å². The molecule has 4 N–H and O–H groups in total. The van der Waals surface area contributed by atoms with Crippen molar-refractivity contribution in [3.05, 3.63) is 41.0 Å². The minimum atomic E-state index is -0.914. The van der Waals surface area contributed by atoms with E-state index >= 15 is 0 Å². The third-order valence-electron chi connectivity index (χ3n) is 7.78. The van der Waals surface area contributed by atoms with E-state index in [1.54, 1.807) is 11.3 Å². The van der Waals surface area contributed by atoms with Gasteiger partial charge in [0, 0.05) is 25.9 Å². The fraction of sp³-hybridized carbons (Fsp3) is 0.594. The number of carbonyl (C=O) groups is 4. The highest BCUT2D eigenvalue weighted by molar-refractivity contribution is 7.13. The maximum Gasteiger partial charge on any atom is 0.303 e. The Balaban J connectivity index is 1.64. The van der Waals surface area contributed by atoms with Crippen LogP contribution in [0.3, 0.4) is 0 Å². The molecule has 4 atom stereocenters. The number of hydrogen-bond donors (Lipinski definition) is 4. The van der Waals surface area contributed by atoms with E-state index in [2.05, 4.69) is 15.6 Å². The number of carbonyl (C=O) groups excluding carboxylic acids is 3. The van der Waals surface area contributed by atoms with Gasteiger partial charge in [-0.25, -0.2) is 4.98 Å². The van der Waals surface area contributed by atoms with Crippen molar-refractivity contribution in [3.8, 4) is 10.4 Å². The first-order valence-corrected chi connectivity index (χ1v) is 15.6. The predicted molar refractivity (Wildman–Crippen MR) is 166 cm³/mol. The number of aromatic nitrogens is 1. The molecule has 2 heterocycles. The molecule has 3 amide bonds. The summed E-state index contributed by atoms with van der Waals surface area (Å²) in [5.41, 5.74) is 3.60. The maximum absolute atomic E-state index is 13.8. The van der Waals surface area contributed by atoms with Gasteiger partial charge in [-0.1, -0.05) is 65.8 Å². The van der Waals surface area contributed by atoms with Gasteiger partial charge in [-0.15, -0.1) is 11.3 Å². The quantitative estimate of drug-likeness (QED) is 0.281. The highest BCUT2D eigenvalue weighted by Crippen LogP contribution is 2.31. The van der Waals surface area contributed by atoms with Crippen LogP contribution in [0.15, 0.2) is 29.8 Å². The van der Waals surface area contributed by atoms with Crippen molar-refractivity contribution >= 4 is 35.0 Å². The van der Waals surface area contributed by atoms with E-state index in [0.717, 1.165) is 21.7 Å². The van der Waals surface area contributed by atoms with Crippen molar-refractivity contribution < 1.29 is 29.4 Å². The first-order valence-electron chi connectivity index (χ1n) is 14.7. The number of carboxylic acids is 1. The average Bonchev–Trinajstić information content (AvgIpc) is 3.49. The van der Waals surface area contributed by atoms with E-state index in [9.17, 15) is 24.3 Å². The third-order valence-corrected chi connectivity index (χ3v) is 8.75. The number of aliphatic hydroxyl groups excluding tert-OH is 1. The highest BCUT2D eigenvalue weighted by Gasteiger charge is 2.44. The van der Waals surface area contributed by atoms with E-state index in [4.69, 9.17) is 5.11 Å². The summed E-state index contributed by atoms with van der Waals surface area (Å²) in [7, 11) is 0. The van der Waals surface area contributed by atoms with Gasteiger partial charge in [0.2, 0.25) is 17.7 Å². The Hall–Kier alpha value is -3.31. The van der Waals surface area contributed by atoms with Crippen LogP contribution in [0.25, 0.3) is 10.4 Å². The van der Waals surface area contributed by atoms with Crippen LogP contribution in [-0.4, -0.2) is 68.5 Å². The molecule has 236 valence electrons. The normalized spacial score (nSPS) is 18.7. The van der Waals surface area contributed by atoms with Crippen LogP contribution < -0.4 is 10.6 Å². The van der Waals surface area contributed by atoms with Crippen molar-refractivity contribution in [1.82, 2.24) is 20.5 Å². The first kappa shape index (κ1) is 34.2. The molecule has 10 nitrogen and oxygen atoms in total. The number of thiazole rings is 1. The Labute approximate surface area is 258 Å². The number of amides is 3. The molecule has 1 aliphatic rings. The van der Waals surface area contributed by atoms with Crippen LogP contribution in [0.1, 0.15) is 78.5 Å². The Bertz CT molecular complexity index is 1300. The zero-order valence-corrected chi connectivity index (χ0v) is 27.1. The van der Waals surface area contributed by atoms with E-state index < -0.39 is 40.9 Å². The molecule has 1 saturated heterocycles. The second-order valence-electron chi connectivity index (χ2n) is 13.7. The first-order chi connectivity index (χ1) is 20.0. The van der Waals surface area contributed by atoms with E-state index in [1.807, 2.05) is 78.2 Å². The summed E-state index contributed by atoms with van der Waals surface area (Å²) < 4.78 is 0. The summed E-state index contributed by atoms with van der Waals surface area (Å²) in [4.78, 5) is 58.1. The van der Waals surface area contributed by atoms with Gasteiger partial charge in [0.25, 0.3) is 0 Å². The number of β-amino-alcohol motifs (C(OH)–C–C–N with tert-alkyl or cyclic N) is 1. The molecule has 2 unspecified atom stereocenters. The Morgan fingerprint density at radius 2 is 1.77 bits per heavy atom. The fourth-order valence-corrected chi connectivity index (χ4v) is 6.63. The van der Waals surface area contributed by atoms with E-state index in [-0.39, 0.29) is 50.1 Å². The summed E-state index contributed by atoms with van der Waals surface area (Å²) in [6.07, 6.45) is -0.0665. The fourth-order valence-electron chi connectivity index (χ4n) is 5.81. The summed E-state index contributed by atoms with van der Waals surface area (Å²) >= 11 is 1.57. The molecule has 1 aromatic carbocycles. The Kier molecular flexibility index (Phi) is 11.1. The largest absolute Gasteiger partial charge is 0.481 e. The van der Waals surface area contributed by atoms with Gasteiger partial charge in [0.05, 0.1) is 28.6 Å². The second kappa shape index (κ2) is 14.0. The van der Waals surface area contributed by atoms with Gasteiger partial charge in [-0.2, -0.15) is 0 Å². The lowest BCUT2D eigenvalue weighted by atomic mass is 9.79. The van der Waals surface area contributed by atoms with E-state index in [1.165, 1.54) is 4.90 Å². The van der Waals surface area contributed by atoms with Crippen LogP contribution in [-0.2, 0) is 25.7 Å². The van der Waals surface area contributed by atoms with Crippen LogP contribution in [0.4, 0.5) is 0 Å². The lowest BCUT2D eigenvalue weighted by molar-refractivity contribution is -0.144. The molecule has 1 aromatic heterocycles. The topological polar surface area (TPSA) is 149 Å². The molecule has 1 aliphatic heterocycles. The monoisotopic (exact) mass is 614 g/mol. The van der Waals surface area contributed by atoms with Gasteiger partial charge < -0.3 is 25.7 Å². The van der Waals surface area contributed by atoms with Gasteiger partial charge in [-0.3, -0.25) is 19.2 Å². The third kappa shape index (κ3) is 9.59. The molecule has 1 fully saturated rings. The summed E-state index contributed by atoms with van der Waals surface area (Å²) in [6, 6.07) is 6.08. The zero-order valence-electron chi connectivity index (χ0n) is 26.3. The lowest BCUT2D eigenvalue weighted by Gasteiger charge is -2.35. The predicted octanol–water partition coefficient (Wildman–Crippen LogP) is 4.14. The maximum atomic E-state index is 13.8. The second-order valence-corrected chi connectivity index (χ2v) is 14.5. The molecule has 3 rings (SSSR count). The van der Waals surface area contributed by atoms with E-state index in [0.29, 0.717) is 6.42 Å². The Morgan fingerprint density at radius 3 is 2.33 bits per heavy atom. The molecule has 2 aromatic rings. The number of rotatable bonds is 12. The molecule has 0 saturated carbocycles. The Morgan fingerprint density at radius 1 is 1.12 bits per heavy atom. The number of aliphatic hydroxyl groups is 1. The molecular weight excluding hydrogens is 568 g/mol. The summed E-state index contributed by atoms with van der Waals surface area (Å²) in [5, 5.41) is 25.4. The van der Waals surface area contributed by atoms with Crippen molar-refractivity contribution in [2.24, 2.45) is 16.7 Å². The minimum absolute atomic E-state index is 0.000664. The van der Waals surface area contributed by atoms with Gasteiger partial charge in [0.1, 0.15) is 12.1 Å². The molecule has 43 heavy (non-hydrogen) atoms. The molecule has 0 spiro atoms. The zero-order chi connectivity index (χ0) is 32.1. The average molecular weight is 615 g/mol. The van der Waals surface area contributed by atoms with Crippen molar-refractivity contribution in [1.29, 1.82) is 0 Å². The van der Waals surface area contributed by atoms with Crippen molar-refractivity contribution in [2.45, 2.75) is 98.9 Å². The SMILES string of the molecule is Cc1ncsc1-c1ccc(CNC(=O)[C@@H]2C[C@@H](O)CN2C(=O)C(NC(=O)CC(C)CC(C)(C)CC(=O)O)C(C)(C)C)cc1. The number of aliphatic carboxylic acids is 1. The van der Waals surface area contributed by atoms with Crippen LogP contribution >= 0.6 is 11.3 Å². The summed E-state index contributed by atoms with van der Waals surface area (Å²) in [6.45, 7) is 13.4. The number of likely N-dealkylation sites (tertiary alicyclic amines) is 1. The molecule has 0 radical (unpaired) electrons. The lowest BCUT2D eigenvalue weighted by Crippen LogP contribution is -2.57. The number of nitrogens with zero attached hydrogens (tertiary/aromatic N) is 2. The van der Waals surface area contributed by atoms with Crippen molar-refractivity contribution in [3.63, 3.8) is 0 Å².